The number of ether oxygens (including phenoxy) is 1. The summed E-state index contributed by atoms with van der Waals surface area (Å²) < 4.78 is 20.2. The Balaban J connectivity index is 1.23. The molecule has 3 aromatic carbocycles. The number of nitrogens with two attached hydrogens (primary N) is 1. The van der Waals surface area contributed by atoms with Crippen LogP contribution in [0.25, 0.3) is 11.4 Å². The van der Waals surface area contributed by atoms with Gasteiger partial charge in [0.15, 0.2) is 5.82 Å². The normalized spacial score (nSPS) is 15.0. The number of aromatic nitrogens is 3. The van der Waals surface area contributed by atoms with Crippen molar-refractivity contribution in [1.82, 2.24) is 15.0 Å². The topological polar surface area (TPSA) is 139 Å². The number of hydrogen-bond acceptors (Lipinski definition) is 9. The molecule has 1 saturated carbocycles. The number of rotatable bonds is 8. The van der Waals surface area contributed by atoms with Crippen molar-refractivity contribution < 1.29 is 19.0 Å². The lowest BCUT2D eigenvalue weighted by Gasteiger charge is -2.28. The number of carbonyl (C=O) groups is 1. The summed E-state index contributed by atoms with van der Waals surface area (Å²) in [5, 5.41) is 16.1. The highest BCUT2D eigenvalue weighted by atomic mass is 19.1. The fourth-order valence-electron chi connectivity index (χ4n) is 4.93. The van der Waals surface area contributed by atoms with Gasteiger partial charge in [0.2, 0.25) is 11.9 Å². The molecule has 1 saturated heterocycles. The molecule has 0 bridgehead atoms. The summed E-state index contributed by atoms with van der Waals surface area (Å²) >= 11 is 0. The number of aliphatic hydroxyl groups is 1. The van der Waals surface area contributed by atoms with Crippen LogP contribution in [0.1, 0.15) is 40.2 Å². The third-order valence-corrected chi connectivity index (χ3v) is 7.26. The summed E-state index contributed by atoms with van der Waals surface area (Å²) in [5.74, 6) is -0.394. The monoisotopic (exact) mass is 555 g/mol. The van der Waals surface area contributed by atoms with Crippen molar-refractivity contribution >= 4 is 34.9 Å². The lowest BCUT2D eigenvalue weighted by molar-refractivity contribution is 0.102. The third-order valence-electron chi connectivity index (χ3n) is 7.26. The molecule has 41 heavy (non-hydrogen) atoms. The van der Waals surface area contributed by atoms with Gasteiger partial charge in [-0.05, 0) is 66.8 Å². The Bertz CT molecular complexity index is 1570. The van der Waals surface area contributed by atoms with Crippen LogP contribution in [0, 0.1) is 5.82 Å². The molecule has 0 atom stereocenters. The van der Waals surface area contributed by atoms with Crippen molar-refractivity contribution in [3.05, 3.63) is 83.2 Å². The minimum Gasteiger partial charge on any atom is -0.392 e. The van der Waals surface area contributed by atoms with Gasteiger partial charge in [-0.25, -0.2) is 4.39 Å². The molecule has 0 spiro atoms. The van der Waals surface area contributed by atoms with E-state index < -0.39 is 18.3 Å². The second-order valence-electron chi connectivity index (χ2n) is 10.1. The minimum absolute atomic E-state index is 0.0152. The highest BCUT2D eigenvalue weighted by molar-refractivity contribution is 6.05. The number of halogens is 1. The molecular weight excluding hydrogens is 525 g/mol. The van der Waals surface area contributed by atoms with Gasteiger partial charge < -0.3 is 31.1 Å². The van der Waals surface area contributed by atoms with E-state index in [0.29, 0.717) is 35.9 Å². The number of carbonyl (C=O) groups excluding carboxylic acids is 1. The van der Waals surface area contributed by atoms with Gasteiger partial charge >= 0.3 is 0 Å². The molecule has 0 unspecified atom stereocenters. The van der Waals surface area contributed by atoms with E-state index in [1.807, 2.05) is 24.3 Å². The van der Waals surface area contributed by atoms with E-state index in [2.05, 4.69) is 30.5 Å². The molecule has 1 aromatic heterocycles. The maximum absolute atomic E-state index is 14.7. The second-order valence-corrected chi connectivity index (χ2v) is 10.1. The van der Waals surface area contributed by atoms with Gasteiger partial charge in [0.1, 0.15) is 5.82 Å². The molecule has 6 rings (SSSR count). The highest BCUT2D eigenvalue weighted by Gasteiger charge is 2.25. The van der Waals surface area contributed by atoms with Gasteiger partial charge in [-0.15, -0.1) is 0 Å². The third kappa shape index (κ3) is 5.96. The molecule has 210 valence electrons. The Labute approximate surface area is 236 Å². The zero-order chi connectivity index (χ0) is 28.3. The molecule has 5 N–H and O–H groups in total. The average Bonchev–Trinajstić information content (AvgIpc) is 3.83. The Hall–Kier alpha value is -4.61. The van der Waals surface area contributed by atoms with E-state index >= 15 is 0 Å². The van der Waals surface area contributed by atoms with Crippen LogP contribution >= 0.6 is 0 Å². The Morgan fingerprint density at radius 1 is 1.05 bits per heavy atom. The molecule has 4 aromatic rings. The van der Waals surface area contributed by atoms with Crippen LogP contribution in [0.5, 0.6) is 0 Å². The zero-order valence-electron chi connectivity index (χ0n) is 22.3. The van der Waals surface area contributed by atoms with Crippen LogP contribution in [-0.2, 0) is 11.3 Å². The Morgan fingerprint density at radius 2 is 1.83 bits per heavy atom. The summed E-state index contributed by atoms with van der Waals surface area (Å²) in [5.41, 5.74) is 9.84. The number of anilines is 5. The zero-order valence-corrected chi connectivity index (χ0v) is 22.3. The number of amides is 1. The molecule has 2 fully saturated rings. The molecule has 0 radical (unpaired) electrons. The first-order valence-corrected chi connectivity index (χ1v) is 13.5. The molecule has 1 amide bonds. The predicted octanol–water partition coefficient (Wildman–Crippen LogP) is 4.46. The quantitative estimate of drug-likeness (QED) is 0.248. The molecular formula is C30H30FN7O3. The second kappa shape index (κ2) is 11.5. The van der Waals surface area contributed by atoms with Crippen LogP contribution in [0.15, 0.2) is 60.7 Å². The van der Waals surface area contributed by atoms with Crippen LogP contribution < -0.4 is 21.3 Å². The van der Waals surface area contributed by atoms with Crippen LogP contribution in [0.3, 0.4) is 0 Å². The van der Waals surface area contributed by atoms with Crippen LogP contribution in [-0.4, -0.2) is 52.3 Å². The van der Waals surface area contributed by atoms with Crippen molar-refractivity contribution in [2.24, 2.45) is 0 Å². The van der Waals surface area contributed by atoms with Crippen LogP contribution in [0.2, 0.25) is 0 Å². The minimum atomic E-state index is -0.616. The standard InChI is InChI=1S/C30H30FN7O3/c31-25-16-19(18-4-5-18)6-11-23(25)28(40)34-26-3-1-2-22(24(26)17-39)27-35-29(32)37-30(36-27)33-20-7-9-21(10-8-20)38-12-14-41-15-13-38/h1-3,6-11,16,18,39H,4-5,12-15,17H2,(H,34,40)(H3,32,33,35,36,37). The van der Waals surface area contributed by atoms with Gasteiger partial charge in [0.25, 0.3) is 5.91 Å². The van der Waals surface area contributed by atoms with E-state index in [4.69, 9.17) is 10.5 Å². The molecule has 1 aliphatic carbocycles. The van der Waals surface area contributed by atoms with E-state index in [0.717, 1.165) is 42.9 Å². The van der Waals surface area contributed by atoms with Crippen LogP contribution in [0.4, 0.5) is 33.3 Å². The van der Waals surface area contributed by atoms with Crippen molar-refractivity contribution in [1.29, 1.82) is 0 Å². The number of hydrogen-bond donors (Lipinski definition) is 4. The van der Waals surface area contributed by atoms with E-state index in [1.165, 1.54) is 12.1 Å². The first-order chi connectivity index (χ1) is 20.0. The highest BCUT2D eigenvalue weighted by Crippen LogP contribution is 2.40. The largest absolute Gasteiger partial charge is 0.392 e. The Kier molecular flexibility index (Phi) is 7.45. The van der Waals surface area contributed by atoms with E-state index in [-0.39, 0.29) is 23.3 Å². The lowest BCUT2D eigenvalue weighted by Crippen LogP contribution is -2.36. The molecule has 2 heterocycles. The average molecular weight is 556 g/mol. The lowest BCUT2D eigenvalue weighted by atomic mass is 10.0. The van der Waals surface area contributed by atoms with E-state index in [1.54, 1.807) is 24.3 Å². The summed E-state index contributed by atoms with van der Waals surface area (Å²) in [7, 11) is 0. The molecule has 1 aliphatic heterocycles. The van der Waals surface area contributed by atoms with Gasteiger partial charge in [0, 0.05) is 41.3 Å². The van der Waals surface area contributed by atoms with E-state index in [9.17, 15) is 14.3 Å². The maximum Gasteiger partial charge on any atom is 0.258 e. The number of nitrogens with zero attached hydrogens (tertiary/aromatic N) is 4. The smallest absolute Gasteiger partial charge is 0.258 e. The fraction of sp³-hybridized carbons (Fsp3) is 0.267. The number of morpholine rings is 1. The Morgan fingerprint density at radius 3 is 2.54 bits per heavy atom. The SMILES string of the molecule is Nc1nc(Nc2ccc(N3CCOCC3)cc2)nc(-c2cccc(NC(=O)c3ccc(C4CC4)cc3F)c2CO)n1. The maximum atomic E-state index is 14.7. The van der Waals surface area contributed by atoms with Gasteiger partial charge in [-0.3, -0.25) is 4.79 Å². The summed E-state index contributed by atoms with van der Waals surface area (Å²) in [6.45, 7) is 2.67. The predicted molar refractivity (Wildman–Crippen MR) is 155 cm³/mol. The number of nitrogens with one attached hydrogen (secondary N) is 2. The van der Waals surface area contributed by atoms with Crippen molar-refractivity contribution in [3.8, 4) is 11.4 Å². The summed E-state index contributed by atoms with van der Waals surface area (Å²) in [6, 6.07) is 17.6. The molecule has 11 heteroatoms. The first kappa shape index (κ1) is 26.6. The summed E-state index contributed by atoms with van der Waals surface area (Å²) in [6.07, 6.45) is 2.08. The van der Waals surface area contributed by atoms with Gasteiger partial charge in [0.05, 0.1) is 25.4 Å². The summed E-state index contributed by atoms with van der Waals surface area (Å²) in [4.78, 5) is 28.2. The number of nitrogen functional groups attached to an aromatic ring is 1. The number of aliphatic hydroxyl groups excluding tert-OH is 1. The van der Waals surface area contributed by atoms with Crippen molar-refractivity contribution in [2.75, 3.05) is 47.6 Å². The molecule has 2 aliphatic rings. The van der Waals surface area contributed by atoms with Gasteiger partial charge in [-0.1, -0.05) is 18.2 Å². The van der Waals surface area contributed by atoms with Crippen molar-refractivity contribution in [2.45, 2.75) is 25.4 Å². The number of benzene rings is 3. The molecule has 10 nitrogen and oxygen atoms in total. The fourth-order valence-corrected chi connectivity index (χ4v) is 4.93. The first-order valence-electron chi connectivity index (χ1n) is 13.5. The van der Waals surface area contributed by atoms with Gasteiger partial charge in [-0.2, -0.15) is 15.0 Å². The van der Waals surface area contributed by atoms with Crippen molar-refractivity contribution in [3.63, 3.8) is 0 Å².